The Balaban J connectivity index is 1.76. The normalized spacial score (nSPS) is 17.7. The highest BCUT2D eigenvalue weighted by molar-refractivity contribution is 6.03. The highest BCUT2D eigenvalue weighted by Gasteiger charge is 2.47. The van der Waals surface area contributed by atoms with Gasteiger partial charge in [-0.1, -0.05) is 32.0 Å². The molecule has 0 bridgehead atoms. The van der Waals surface area contributed by atoms with Gasteiger partial charge in [0.15, 0.2) is 0 Å². The Morgan fingerprint density at radius 2 is 1.88 bits per heavy atom. The fraction of sp³-hybridized carbons (Fsp3) is 0.407. The molecule has 0 unspecified atom stereocenters. The Morgan fingerprint density at radius 1 is 1.12 bits per heavy atom. The van der Waals surface area contributed by atoms with Crippen LogP contribution >= 0.6 is 0 Å². The van der Waals surface area contributed by atoms with E-state index < -0.39 is 5.54 Å². The van der Waals surface area contributed by atoms with Crippen molar-refractivity contribution in [1.82, 2.24) is 14.8 Å². The van der Waals surface area contributed by atoms with Gasteiger partial charge < -0.3 is 24.3 Å². The molecule has 1 aliphatic heterocycles. The molecule has 180 valence electrons. The van der Waals surface area contributed by atoms with E-state index in [-0.39, 0.29) is 18.4 Å². The molecular weight excluding hydrogens is 430 g/mol. The summed E-state index contributed by atoms with van der Waals surface area (Å²) in [6.07, 6.45) is 0.875. The Morgan fingerprint density at radius 3 is 2.59 bits per heavy atom. The lowest BCUT2D eigenvalue weighted by atomic mass is 9.93. The second-order valence-electron chi connectivity index (χ2n) is 9.46. The number of carbonyl (C=O) groups is 2. The molecule has 1 N–H and O–H groups in total. The van der Waals surface area contributed by atoms with Gasteiger partial charge in [0.25, 0.3) is 5.91 Å². The maximum atomic E-state index is 13.9. The predicted octanol–water partition coefficient (Wildman–Crippen LogP) is 4.24. The molecule has 2 aromatic carbocycles. The Hall–Kier alpha value is -3.48. The fourth-order valence-electron chi connectivity index (χ4n) is 4.57. The summed E-state index contributed by atoms with van der Waals surface area (Å²) >= 11 is 0. The number of methoxy groups -OCH3 is 2. The number of rotatable bonds is 8. The van der Waals surface area contributed by atoms with Crippen LogP contribution in [0.4, 0.5) is 0 Å². The van der Waals surface area contributed by atoms with Crippen LogP contribution in [0.5, 0.6) is 11.5 Å². The minimum absolute atomic E-state index is 0.155. The molecule has 0 aliphatic carbocycles. The van der Waals surface area contributed by atoms with Crippen LogP contribution in [0.15, 0.2) is 48.5 Å². The molecule has 7 nitrogen and oxygen atoms in total. The molecule has 2 heterocycles. The van der Waals surface area contributed by atoms with Crippen LogP contribution in [-0.2, 0) is 17.9 Å². The van der Waals surface area contributed by atoms with Gasteiger partial charge in [-0.15, -0.1) is 0 Å². The van der Waals surface area contributed by atoms with Gasteiger partial charge in [-0.2, -0.15) is 0 Å². The van der Waals surface area contributed by atoms with Crippen LogP contribution in [0.25, 0.3) is 10.9 Å². The highest BCUT2D eigenvalue weighted by Crippen LogP contribution is 2.35. The largest absolute Gasteiger partial charge is 0.497 e. The zero-order valence-corrected chi connectivity index (χ0v) is 20.6. The third-order valence-corrected chi connectivity index (χ3v) is 6.66. The summed E-state index contributed by atoms with van der Waals surface area (Å²) in [7, 11) is 3.19. The first-order chi connectivity index (χ1) is 16.3. The van der Waals surface area contributed by atoms with Crippen molar-refractivity contribution in [2.45, 2.75) is 45.8 Å². The Bertz CT molecular complexity index is 1220. The molecule has 2 amide bonds. The molecule has 3 aromatic rings. The number of carbonyl (C=O) groups excluding carboxylic acids is 2. The number of ether oxygens (including phenoxy) is 2. The number of hydrogen-bond acceptors (Lipinski definition) is 4. The second kappa shape index (κ2) is 9.41. The summed E-state index contributed by atoms with van der Waals surface area (Å²) in [5, 5.41) is 4.06. The van der Waals surface area contributed by atoms with E-state index in [1.807, 2.05) is 54.0 Å². The van der Waals surface area contributed by atoms with Gasteiger partial charge in [-0.05, 0) is 43.5 Å². The first kappa shape index (κ1) is 23.7. The van der Waals surface area contributed by atoms with Gasteiger partial charge in [-0.3, -0.25) is 9.59 Å². The van der Waals surface area contributed by atoms with Crippen LogP contribution in [0.3, 0.4) is 0 Å². The van der Waals surface area contributed by atoms with E-state index in [0.717, 1.165) is 22.9 Å². The van der Waals surface area contributed by atoms with Crippen LogP contribution < -0.4 is 14.8 Å². The summed E-state index contributed by atoms with van der Waals surface area (Å²) in [4.78, 5) is 29.2. The van der Waals surface area contributed by atoms with Crippen molar-refractivity contribution >= 4 is 22.7 Å². The van der Waals surface area contributed by atoms with E-state index in [1.165, 1.54) is 0 Å². The SMILES string of the molecule is COc1ccc(CN2C(=O)c3cc4ccccc4n3C[C@@]2(C)C(=O)NCCC(C)C)c(OC)c1. The number of hydrogen-bond donors (Lipinski definition) is 1. The number of aromatic nitrogens is 1. The molecule has 1 aromatic heterocycles. The standard InChI is InChI=1S/C27H33N3O4/c1-18(2)12-13-28-26(32)27(3)17-29-22-9-7-6-8-19(22)14-23(29)25(31)30(27)16-20-10-11-21(33-4)15-24(20)34-5/h6-11,14-15,18H,12-13,16-17H2,1-5H3,(H,28,32)/t27-/m0/s1. The van der Waals surface area contributed by atoms with Crippen LogP contribution in [0.2, 0.25) is 0 Å². The van der Waals surface area contributed by atoms with Crippen molar-refractivity contribution in [3.63, 3.8) is 0 Å². The van der Waals surface area contributed by atoms with E-state index >= 15 is 0 Å². The third-order valence-electron chi connectivity index (χ3n) is 6.66. The average Bonchev–Trinajstić information content (AvgIpc) is 3.20. The van der Waals surface area contributed by atoms with E-state index in [0.29, 0.717) is 36.2 Å². The summed E-state index contributed by atoms with van der Waals surface area (Å²) in [6.45, 7) is 7.27. The molecular formula is C27H33N3O4. The first-order valence-electron chi connectivity index (χ1n) is 11.7. The van der Waals surface area contributed by atoms with Gasteiger partial charge in [0.2, 0.25) is 5.91 Å². The van der Waals surface area contributed by atoms with Crippen LogP contribution in [-0.4, -0.2) is 47.6 Å². The molecule has 0 radical (unpaired) electrons. The summed E-state index contributed by atoms with van der Waals surface area (Å²) in [5.74, 6) is 1.42. The van der Waals surface area contributed by atoms with Crippen molar-refractivity contribution in [3.8, 4) is 11.5 Å². The molecule has 1 aliphatic rings. The maximum absolute atomic E-state index is 13.9. The highest BCUT2D eigenvalue weighted by atomic mass is 16.5. The molecule has 0 spiro atoms. The molecule has 0 saturated carbocycles. The van der Waals surface area contributed by atoms with Gasteiger partial charge in [0, 0.05) is 29.1 Å². The lowest BCUT2D eigenvalue weighted by Crippen LogP contribution is -2.63. The third kappa shape index (κ3) is 4.22. The minimum atomic E-state index is -1.08. The molecule has 34 heavy (non-hydrogen) atoms. The molecule has 4 rings (SSSR count). The zero-order chi connectivity index (χ0) is 24.5. The quantitative estimate of drug-likeness (QED) is 0.543. The summed E-state index contributed by atoms with van der Waals surface area (Å²) < 4.78 is 12.9. The monoisotopic (exact) mass is 463 g/mol. The van der Waals surface area contributed by atoms with Crippen molar-refractivity contribution < 1.29 is 19.1 Å². The van der Waals surface area contributed by atoms with Crippen LogP contribution in [0.1, 0.15) is 43.2 Å². The minimum Gasteiger partial charge on any atom is -0.497 e. The van der Waals surface area contributed by atoms with E-state index in [2.05, 4.69) is 19.2 Å². The molecule has 7 heteroatoms. The van der Waals surface area contributed by atoms with Crippen molar-refractivity contribution in [2.75, 3.05) is 20.8 Å². The van der Waals surface area contributed by atoms with E-state index in [1.54, 1.807) is 25.2 Å². The number of benzene rings is 2. The van der Waals surface area contributed by atoms with E-state index in [4.69, 9.17) is 9.47 Å². The molecule has 1 atom stereocenters. The number of para-hydroxylation sites is 1. The second-order valence-corrected chi connectivity index (χ2v) is 9.46. The lowest BCUT2D eigenvalue weighted by molar-refractivity contribution is -0.133. The lowest BCUT2D eigenvalue weighted by Gasteiger charge is -2.44. The molecule has 0 fully saturated rings. The fourth-order valence-corrected chi connectivity index (χ4v) is 4.57. The van der Waals surface area contributed by atoms with Gasteiger partial charge in [-0.25, -0.2) is 0 Å². The maximum Gasteiger partial charge on any atom is 0.271 e. The number of nitrogens with one attached hydrogen (secondary N) is 1. The van der Waals surface area contributed by atoms with Crippen molar-refractivity contribution in [2.24, 2.45) is 5.92 Å². The number of amides is 2. The van der Waals surface area contributed by atoms with Crippen molar-refractivity contribution in [1.29, 1.82) is 0 Å². The number of nitrogens with zero attached hydrogens (tertiary/aromatic N) is 2. The predicted molar refractivity (Wildman–Crippen MR) is 132 cm³/mol. The molecule has 0 saturated heterocycles. The van der Waals surface area contributed by atoms with Gasteiger partial charge >= 0.3 is 0 Å². The first-order valence-corrected chi connectivity index (χ1v) is 11.7. The smallest absolute Gasteiger partial charge is 0.271 e. The van der Waals surface area contributed by atoms with Crippen molar-refractivity contribution in [3.05, 3.63) is 59.8 Å². The summed E-state index contributed by atoms with van der Waals surface area (Å²) in [6, 6.07) is 15.3. The van der Waals surface area contributed by atoms with Gasteiger partial charge in [0.1, 0.15) is 22.7 Å². The van der Waals surface area contributed by atoms with E-state index in [9.17, 15) is 9.59 Å². The van der Waals surface area contributed by atoms with Crippen LogP contribution in [0, 0.1) is 5.92 Å². The topological polar surface area (TPSA) is 72.8 Å². The average molecular weight is 464 g/mol. The Labute approximate surface area is 200 Å². The Kier molecular flexibility index (Phi) is 6.55. The summed E-state index contributed by atoms with van der Waals surface area (Å²) in [5.41, 5.74) is 1.27. The van der Waals surface area contributed by atoms with Gasteiger partial charge in [0.05, 0.1) is 27.3 Å². The number of fused-ring (bicyclic) bond motifs is 3. The zero-order valence-electron chi connectivity index (χ0n) is 20.6.